The molecule has 0 atom stereocenters. The van der Waals surface area contributed by atoms with Gasteiger partial charge in [-0.2, -0.15) is 5.10 Å². The largest absolute Gasteiger partial charge is 0.481 e. The van der Waals surface area contributed by atoms with E-state index in [1.807, 2.05) is 17.5 Å². The molecule has 0 radical (unpaired) electrons. The molecule has 1 amide bonds. The molecular weight excluding hydrogens is 404 g/mol. The molecule has 0 unspecified atom stereocenters. The number of nitrogens with zero attached hydrogens (tertiary/aromatic N) is 3. The first-order chi connectivity index (χ1) is 14.5. The predicted molar refractivity (Wildman–Crippen MR) is 112 cm³/mol. The Labute approximate surface area is 174 Å². The maximum Gasteiger partial charge on any atom is 0.303 e. The van der Waals surface area contributed by atoms with Crippen molar-refractivity contribution >= 4 is 40.3 Å². The Bertz CT molecular complexity index is 1250. The molecule has 3 aromatic heterocycles. The number of ketones is 1. The third-order valence-corrected chi connectivity index (χ3v) is 5.27. The zero-order chi connectivity index (χ0) is 21.1. The normalized spacial score (nSPS) is 10.8. The fourth-order valence-corrected chi connectivity index (χ4v) is 3.69. The van der Waals surface area contributed by atoms with E-state index < -0.39 is 5.97 Å². The fraction of sp³-hybridized carbons (Fsp3) is 0.0952. The Kier molecular flexibility index (Phi) is 5.36. The van der Waals surface area contributed by atoms with E-state index in [-0.39, 0.29) is 24.5 Å². The molecule has 0 saturated carbocycles. The molecule has 2 N–H and O–H groups in total. The Balaban J connectivity index is 1.65. The van der Waals surface area contributed by atoms with Crippen LogP contribution in [0.2, 0.25) is 0 Å². The Morgan fingerprint density at radius 2 is 1.97 bits per heavy atom. The third kappa shape index (κ3) is 3.96. The average molecular weight is 420 g/mol. The van der Waals surface area contributed by atoms with E-state index in [0.717, 1.165) is 5.56 Å². The van der Waals surface area contributed by atoms with Crippen molar-refractivity contribution in [2.24, 2.45) is 0 Å². The number of carbonyl (C=O) groups is 3. The molecule has 4 aromatic rings. The first-order valence-electron chi connectivity index (χ1n) is 9.06. The van der Waals surface area contributed by atoms with Crippen molar-refractivity contribution in [2.75, 3.05) is 5.32 Å². The third-order valence-electron chi connectivity index (χ3n) is 4.40. The van der Waals surface area contributed by atoms with Gasteiger partial charge in [0.15, 0.2) is 5.65 Å². The number of aliphatic carboxylic acids is 1. The number of nitrogens with one attached hydrogen (secondary N) is 1. The number of fused-ring (bicyclic) bond motifs is 1. The number of thiophene rings is 1. The van der Waals surface area contributed by atoms with E-state index in [1.165, 1.54) is 17.5 Å². The molecule has 0 aliphatic heterocycles. The lowest BCUT2D eigenvalue weighted by atomic mass is 10.1. The quantitative estimate of drug-likeness (QED) is 0.443. The number of carboxylic acids is 1. The lowest BCUT2D eigenvalue weighted by Crippen LogP contribution is -2.13. The van der Waals surface area contributed by atoms with Crippen LogP contribution in [0.5, 0.6) is 0 Å². The standard InChI is InChI=1S/C21H16N4O4S/c26-18(6-7-19(27)28)24-14-4-1-3-13(11-14)16-8-9-22-21-15(12-23-25(16)21)20(29)17-5-2-10-30-17/h1-5,8-12H,6-7H2,(H,24,26)(H,27,28). The number of hydrogen-bond donors (Lipinski definition) is 2. The number of carbonyl (C=O) groups excluding carboxylic acids is 2. The van der Waals surface area contributed by atoms with Crippen LogP contribution in [0.25, 0.3) is 16.9 Å². The van der Waals surface area contributed by atoms with Crippen molar-refractivity contribution in [3.05, 3.63) is 70.7 Å². The minimum atomic E-state index is -1.02. The SMILES string of the molecule is O=C(O)CCC(=O)Nc1cccc(-c2ccnc3c(C(=O)c4cccs4)cnn23)c1. The first-order valence-corrected chi connectivity index (χ1v) is 9.94. The molecule has 3 heterocycles. The minimum Gasteiger partial charge on any atom is -0.481 e. The summed E-state index contributed by atoms with van der Waals surface area (Å²) in [6.45, 7) is 0. The summed E-state index contributed by atoms with van der Waals surface area (Å²) >= 11 is 1.36. The van der Waals surface area contributed by atoms with Crippen molar-refractivity contribution in [2.45, 2.75) is 12.8 Å². The topological polar surface area (TPSA) is 114 Å². The summed E-state index contributed by atoms with van der Waals surface area (Å²) in [5, 5.41) is 17.6. The molecule has 30 heavy (non-hydrogen) atoms. The van der Waals surface area contributed by atoms with Crippen molar-refractivity contribution < 1.29 is 19.5 Å². The summed E-state index contributed by atoms with van der Waals surface area (Å²) in [6, 6.07) is 12.4. The number of hydrogen-bond acceptors (Lipinski definition) is 6. The number of anilines is 1. The van der Waals surface area contributed by atoms with Crippen LogP contribution in [0.3, 0.4) is 0 Å². The van der Waals surface area contributed by atoms with Gasteiger partial charge >= 0.3 is 5.97 Å². The second-order valence-corrected chi connectivity index (χ2v) is 7.40. The highest BCUT2D eigenvalue weighted by molar-refractivity contribution is 7.12. The maximum absolute atomic E-state index is 12.7. The molecule has 0 fully saturated rings. The van der Waals surface area contributed by atoms with Gasteiger partial charge < -0.3 is 10.4 Å². The summed E-state index contributed by atoms with van der Waals surface area (Å²) in [5.41, 5.74) is 2.86. The van der Waals surface area contributed by atoms with Crippen LogP contribution in [0, 0.1) is 0 Å². The summed E-state index contributed by atoms with van der Waals surface area (Å²) in [4.78, 5) is 40.2. The van der Waals surface area contributed by atoms with Crippen LogP contribution >= 0.6 is 11.3 Å². The number of aromatic nitrogens is 3. The summed E-state index contributed by atoms with van der Waals surface area (Å²) in [7, 11) is 0. The van der Waals surface area contributed by atoms with Gasteiger partial charge in [-0.05, 0) is 29.6 Å². The molecule has 4 rings (SSSR count). The zero-order valence-electron chi connectivity index (χ0n) is 15.6. The van der Waals surface area contributed by atoms with E-state index in [0.29, 0.717) is 27.5 Å². The minimum absolute atomic E-state index is 0.105. The summed E-state index contributed by atoms with van der Waals surface area (Å²) in [5.74, 6) is -1.54. The zero-order valence-corrected chi connectivity index (χ0v) is 16.4. The van der Waals surface area contributed by atoms with Gasteiger partial charge in [-0.15, -0.1) is 11.3 Å². The van der Waals surface area contributed by atoms with Crippen LogP contribution in [0.1, 0.15) is 28.1 Å². The summed E-state index contributed by atoms with van der Waals surface area (Å²) in [6.07, 6.45) is 2.78. The molecular formula is C21H16N4O4S. The predicted octanol–water partition coefficient (Wildman–Crippen LogP) is 3.49. The molecule has 0 aliphatic rings. The van der Waals surface area contributed by atoms with E-state index in [2.05, 4.69) is 15.4 Å². The fourth-order valence-electron chi connectivity index (χ4n) is 3.01. The number of carboxylic acid groups (broad SMARTS) is 1. The van der Waals surface area contributed by atoms with Gasteiger partial charge in [0.1, 0.15) is 0 Å². The van der Waals surface area contributed by atoms with Crippen molar-refractivity contribution in [1.29, 1.82) is 0 Å². The van der Waals surface area contributed by atoms with Gasteiger partial charge in [0.2, 0.25) is 11.7 Å². The van der Waals surface area contributed by atoms with Gasteiger partial charge in [0, 0.05) is 23.9 Å². The van der Waals surface area contributed by atoms with Gasteiger partial charge in [-0.3, -0.25) is 14.4 Å². The molecule has 0 saturated heterocycles. The first kappa shape index (κ1) is 19.5. The lowest BCUT2D eigenvalue weighted by molar-refractivity contribution is -0.138. The van der Waals surface area contributed by atoms with E-state index in [1.54, 1.807) is 41.0 Å². The van der Waals surface area contributed by atoms with Crippen LogP contribution in [-0.2, 0) is 9.59 Å². The number of amides is 1. The Morgan fingerprint density at radius 1 is 1.10 bits per heavy atom. The van der Waals surface area contributed by atoms with Crippen LogP contribution in [0.15, 0.2) is 60.2 Å². The van der Waals surface area contributed by atoms with Crippen LogP contribution in [0.4, 0.5) is 5.69 Å². The van der Waals surface area contributed by atoms with Crippen molar-refractivity contribution in [3.8, 4) is 11.3 Å². The highest BCUT2D eigenvalue weighted by atomic mass is 32.1. The Hall–Kier alpha value is -3.85. The van der Waals surface area contributed by atoms with Gasteiger partial charge in [0.05, 0.1) is 28.8 Å². The molecule has 9 heteroatoms. The Morgan fingerprint density at radius 3 is 2.73 bits per heavy atom. The van der Waals surface area contributed by atoms with E-state index in [4.69, 9.17) is 5.11 Å². The van der Waals surface area contributed by atoms with E-state index in [9.17, 15) is 14.4 Å². The highest BCUT2D eigenvalue weighted by Gasteiger charge is 2.18. The summed E-state index contributed by atoms with van der Waals surface area (Å²) < 4.78 is 1.59. The van der Waals surface area contributed by atoms with Gasteiger partial charge in [-0.25, -0.2) is 9.50 Å². The highest BCUT2D eigenvalue weighted by Crippen LogP contribution is 2.25. The lowest BCUT2D eigenvalue weighted by Gasteiger charge is -2.09. The number of benzene rings is 1. The maximum atomic E-state index is 12.7. The molecule has 0 bridgehead atoms. The molecule has 0 spiro atoms. The number of rotatable bonds is 7. The van der Waals surface area contributed by atoms with Crippen molar-refractivity contribution in [1.82, 2.24) is 14.6 Å². The van der Waals surface area contributed by atoms with Gasteiger partial charge in [0.25, 0.3) is 0 Å². The van der Waals surface area contributed by atoms with Crippen LogP contribution in [-0.4, -0.2) is 37.4 Å². The van der Waals surface area contributed by atoms with E-state index >= 15 is 0 Å². The average Bonchev–Trinajstić information content (AvgIpc) is 3.42. The van der Waals surface area contributed by atoms with Crippen LogP contribution < -0.4 is 5.32 Å². The monoisotopic (exact) mass is 420 g/mol. The molecule has 1 aromatic carbocycles. The molecule has 8 nitrogen and oxygen atoms in total. The van der Waals surface area contributed by atoms with Crippen molar-refractivity contribution in [3.63, 3.8) is 0 Å². The second kappa shape index (κ2) is 8.26. The second-order valence-electron chi connectivity index (χ2n) is 6.45. The smallest absolute Gasteiger partial charge is 0.303 e. The molecule has 0 aliphatic carbocycles. The molecule has 150 valence electrons. The van der Waals surface area contributed by atoms with Gasteiger partial charge in [-0.1, -0.05) is 18.2 Å².